The first-order valence-electron chi connectivity index (χ1n) is 10.1. The summed E-state index contributed by atoms with van der Waals surface area (Å²) < 4.78 is 6.19. The van der Waals surface area contributed by atoms with Gasteiger partial charge in [-0.3, -0.25) is 14.9 Å². The molecule has 0 radical (unpaired) electrons. The number of carbonyl (C=O) groups excluding carboxylic acids is 3. The van der Waals surface area contributed by atoms with Gasteiger partial charge in [-0.1, -0.05) is 57.6 Å². The summed E-state index contributed by atoms with van der Waals surface area (Å²) >= 11 is 4.46. The maximum absolute atomic E-state index is 12.2. The number of rotatable bonds is 6. The van der Waals surface area contributed by atoms with E-state index >= 15 is 0 Å². The first kappa shape index (κ1) is 23.9. The number of benzene rings is 3. The van der Waals surface area contributed by atoms with Crippen LogP contribution >= 0.6 is 27.3 Å². The van der Waals surface area contributed by atoms with Gasteiger partial charge in [0, 0.05) is 10.0 Å². The molecule has 11 heteroatoms. The monoisotopic (exact) mass is 549 g/mol. The lowest BCUT2D eigenvalue weighted by Gasteiger charge is -2.04. The molecule has 0 atom stereocenters. The Morgan fingerprint density at radius 1 is 0.886 bits per heavy atom. The van der Waals surface area contributed by atoms with Crippen LogP contribution in [0.25, 0.3) is 10.6 Å². The van der Waals surface area contributed by atoms with Gasteiger partial charge < -0.3 is 4.74 Å². The number of esters is 1. The van der Waals surface area contributed by atoms with Gasteiger partial charge in [-0.15, -0.1) is 10.2 Å². The molecule has 1 heterocycles. The summed E-state index contributed by atoms with van der Waals surface area (Å²) in [6, 6.07) is 22.6. The van der Waals surface area contributed by atoms with Gasteiger partial charge in [-0.25, -0.2) is 10.2 Å². The van der Waals surface area contributed by atoms with Gasteiger partial charge in [-0.2, -0.15) is 5.10 Å². The SMILES string of the molecule is O=C(N/N=C/c1ccc(OC(=O)c2ccc(Br)cc2)cc1)C(=O)Nc1nnc(-c2ccccc2)s1. The lowest BCUT2D eigenvalue weighted by atomic mass is 10.2. The molecule has 174 valence electrons. The van der Waals surface area contributed by atoms with Gasteiger partial charge in [-0.05, 0) is 54.1 Å². The summed E-state index contributed by atoms with van der Waals surface area (Å²) in [6.07, 6.45) is 1.35. The topological polar surface area (TPSA) is 123 Å². The maximum atomic E-state index is 12.2. The largest absolute Gasteiger partial charge is 0.423 e. The molecule has 2 N–H and O–H groups in total. The average Bonchev–Trinajstić information content (AvgIpc) is 3.34. The second kappa shape index (κ2) is 11.3. The summed E-state index contributed by atoms with van der Waals surface area (Å²) in [5.74, 6) is -2.01. The highest BCUT2D eigenvalue weighted by Gasteiger charge is 2.16. The van der Waals surface area contributed by atoms with Crippen molar-refractivity contribution in [2.45, 2.75) is 0 Å². The lowest BCUT2D eigenvalue weighted by Crippen LogP contribution is -2.32. The molecule has 0 spiro atoms. The zero-order chi connectivity index (χ0) is 24.6. The second-order valence-corrected chi connectivity index (χ2v) is 8.79. The molecule has 0 fully saturated rings. The van der Waals surface area contributed by atoms with Crippen LogP contribution in [0.4, 0.5) is 5.13 Å². The molecule has 4 aromatic rings. The molecule has 0 aliphatic heterocycles. The first-order chi connectivity index (χ1) is 17.0. The van der Waals surface area contributed by atoms with Crippen LogP contribution in [0.3, 0.4) is 0 Å². The molecule has 3 aromatic carbocycles. The van der Waals surface area contributed by atoms with Crippen molar-refractivity contribution in [1.82, 2.24) is 15.6 Å². The summed E-state index contributed by atoms with van der Waals surface area (Å²) in [4.78, 5) is 36.2. The molecule has 0 aliphatic carbocycles. The zero-order valence-corrected chi connectivity index (χ0v) is 20.2. The molecular formula is C24H16BrN5O4S. The van der Waals surface area contributed by atoms with Crippen LogP contribution in [0.5, 0.6) is 5.75 Å². The van der Waals surface area contributed by atoms with Crippen molar-refractivity contribution in [3.8, 4) is 16.3 Å². The third-order valence-electron chi connectivity index (χ3n) is 4.42. The molecule has 0 saturated carbocycles. The van der Waals surface area contributed by atoms with Crippen LogP contribution in [-0.4, -0.2) is 34.2 Å². The molecule has 0 aliphatic rings. The van der Waals surface area contributed by atoms with E-state index in [-0.39, 0.29) is 5.13 Å². The van der Waals surface area contributed by atoms with Crippen molar-refractivity contribution >= 4 is 56.4 Å². The van der Waals surface area contributed by atoms with Gasteiger partial charge in [0.05, 0.1) is 11.8 Å². The molecule has 2 amide bonds. The number of hydrogen-bond acceptors (Lipinski definition) is 8. The first-order valence-corrected chi connectivity index (χ1v) is 11.7. The van der Waals surface area contributed by atoms with E-state index in [1.807, 2.05) is 30.3 Å². The van der Waals surface area contributed by atoms with Gasteiger partial charge >= 0.3 is 17.8 Å². The number of aromatic nitrogens is 2. The van der Waals surface area contributed by atoms with Crippen molar-refractivity contribution < 1.29 is 19.1 Å². The highest BCUT2D eigenvalue weighted by Crippen LogP contribution is 2.25. The number of carbonyl (C=O) groups is 3. The fourth-order valence-electron chi connectivity index (χ4n) is 2.72. The number of anilines is 1. The number of nitrogens with zero attached hydrogens (tertiary/aromatic N) is 3. The van der Waals surface area contributed by atoms with Crippen molar-refractivity contribution in [1.29, 1.82) is 0 Å². The number of nitrogens with one attached hydrogen (secondary N) is 2. The molecule has 1 aromatic heterocycles. The molecular weight excluding hydrogens is 534 g/mol. The molecule has 4 rings (SSSR count). The minimum atomic E-state index is -0.960. The van der Waals surface area contributed by atoms with E-state index in [0.29, 0.717) is 21.9 Å². The summed E-state index contributed by atoms with van der Waals surface area (Å²) in [5.41, 5.74) is 4.04. The summed E-state index contributed by atoms with van der Waals surface area (Å²) in [7, 11) is 0. The molecule has 9 nitrogen and oxygen atoms in total. The number of ether oxygens (including phenoxy) is 1. The Balaban J connectivity index is 1.26. The molecule has 0 saturated heterocycles. The Morgan fingerprint density at radius 2 is 1.60 bits per heavy atom. The van der Waals surface area contributed by atoms with E-state index in [1.54, 1.807) is 48.5 Å². The lowest BCUT2D eigenvalue weighted by molar-refractivity contribution is -0.136. The van der Waals surface area contributed by atoms with Crippen LogP contribution in [0.15, 0.2) is 88.4 Å². The smallest absolute Gasteiger partial charge is 0.343 e. The predicted molar refractivity (Wildman–Crippen MR) is 135 cm³/mol. The van der Waals surface area contributed by atoms with E-state index < -0.39 is 17.8 Å². The van der Waals surface area contributed by atoms with Crippen molar-refractivity contribution in [3.63, 3.8) is 0 Å². The highest BCUT2D eigenvalue weighted by atomic mass is 79.9. The van der Waals surface area contributed by atoms with Gasteiger partial charge in [0.15, 0.2) is 0 Å². The maximum Gasteiger partial charge on any atom is 0.343 e. The third kappa shape index (κ3) is 6.65. The van der Waals surface area contributed by atoms with Crippen LogP contribution in [0.2, 0.25) is 0 Å². The molecule has 0 unspecified atom stereocenters. The average molecular weight is 550 g/mol. The Hall–Kier alpha value is -4.22. The van der Waals surface area contributed by atoms with E-state index in [4.69, 9.17) is 4.74 Å². The van der Waals surface area contributed by atoms with Crippen molar-refractivity contribution in [2.75, 3.05) is 5.32 Å². The van der Waals surface area contributed by atoms with Crippen LogP contribution < -0.4 is 15.5 Å². The standard InChI is InChI=1S/C24H16BrN5O4S/c25-18-10-8-17(9-11-18)23(33)34-19-12-6-15(7-13-19)14-26-28-21(32)20(31)27-24-30-29-22(35-24)16-4-2-1-3-5-16/h1-14H,(H,28,32)(H,27,30,31)/b26-14+. The second-order valence-electron chi connectivity index (χ2n) is 6.90. The van der Waals surface area contributed by atoms with Gasteiger partial charge in [0.2, 0.25) is 5.13 Å². The zero-order valence-electron chi connectivity index (χ0n) is 17.8. The van der Waals surface area contributed by atoms with Crippen LogP contribution in [0, 0.1) is 0 Å². The number of amides is 2. The normalized spacial score (nSPS) is 10.7. The van der Waals surface area contributed by atoms with Gasteiger partial charge in [0.25, 0.3) is 0 Å². The third-order valence-corrected chi connectivity index (χ3v) is 5.84. The number of halogens is 1. The highest BCUT2D eigenvalue weighted by molar-refractivity contribution is 9.10. The van der Waals surface area contributed by atoms with Crippen molar-refractivity contribution in [3.05, 3.63) is 94.5 Å². The Morgan fingerprint density at radius 3 is 2.31 bits per heavy atom. The molecule has 35 heavy (non-hydrogen) atoms. The Labute approximate surface area is 212 Å². The van der Waals surface area contributed by atoms with E-state index in [9.17, 15) is 14.4 Å². The van der Waals surface area contributed by atoms with E-state index in [1.165, 1.54) is 6.21 Å². The van der Waals surface area contributed by atoms with Crippen LogP contribution in [-0.2, 0) is 9.59 Å². The summed E-state index contributed by atoms with van der Waals surface area (Å²) in [5, 5.41) is 14.9. The minimum Gasteiger partial charge on any atom is -0.423 e. The van der Waals surface area contributed by atoms with Crippen LogP contribution in [0.1, 0.15) is 15.9 Å². The fourth-order valence-corrected chi connectivity index (χ4v) is 3.72. The minimum absolute atomic E-state index is 0.196. The quantitative estimate of drug-likeness (QED) is 0.122. The Bertz CT molecular complexity index is 1370. The number of hydrazone groups is 1. The fraction of sp³-hybridized carbons (Fsp3) is 0. The van der Waals surface area contributed by atoms with Crippen molar-refractivity contribution in [2.24, 2.45) is 5.10 Å². The summed E-state index contributed by atoms with van der Waals surface area (Å²) in [6.45, 7) is 0. The molecule has 0 bridgehead atoms. The predicted octanol–water partition coefficient (Wildman–Crippen LogP) is 4.28. The van der Waals surface area contributed by atoms with E-state index in [0.717, 1.165) is 21.4 Å². The Kier molecular flexibility index (Phi) is 7.70. The van der Waals surface area contributed by atoms with E-state index in [2.05, 4.69) is 42.0 Å². The number of hydrogen-bond donors (Lipinski definition) is 2. The van der Waals surface area contributed by atoms with Gasteiger partial charge in [0.1, 0.15) is 10.8 Å².